The normalized spacial score (nSPS) is 11.7. The van der Waals surface area contributed by atoms with Crippen molar-refractivity contribution in [1.82, 2.24) is 0 Å². The Hall–Kier alpha value is -2.88. The highest BCUT2D eigenvalue weighted by molar-refractivity contribution is 6.14. The number of rotatable bonds is 7. The van der Waals surface area contributed by atoms with Crippen LogP contribution in [0.25, 0.3) is 6.08 Å². The molecule has 0 aliphatic carbocycles. The van der Waals surface area contributed by atoms with Gasteiger partial charge in [0.2, 0.25) is 0 Å². The molecule has 0 aliphatic rings. The van der Waals surface area contributed by atoms with E-state index < -0.39 is 0 Å². The number of carbonyl (C=O) groups is 2. The molecule has 0 spiro atoms. The third-order valence-electron chi connectivity index (χ3n) is 5.33. The first-order valence-electron chi connectivity index (χ1n) is 10.4. The molecule has 0 unspecified atom stereocenters. The summed E-state index contributed by atoms with van der Waals surface area (Å²) in [6.45, 7) is 16.7. The minimum absolute atomic E-state index is 0.0409. The topological polar surface area (TPSA) is 52.6 Å². The molecule has 0 amide bonds. The SMILES string of the molecule is C=Cc1cc(C(=O)CC(=O)c2ccc(C(C)(C)C)c(C(C)(C)C)c2)cc(OC)c1OC. The van der Waals surface area contributed by atoms with E-state index in [0.717, 1.165) is 5.56 Å². The van der Waals surface area contributed by atoms with Crippen molar-refractivity contribution in [2.75, 3.05) is 14.2 Å². The summed E-state index contributed by atoms with van der Waals surface area (Å²) in [5.74, 6) is 0.463. The van der Waals surface area contributed by atoms with E-state index in [9.17, 15) is 9.59 Å². The second kappa shape index (κ2) is 9.09. The van der Waals surface area contributed by atoms with Crippen molar-refractivity contribution in [3.05, 3.63) is 64.7 Å². The van der Waals surface area contributed by atoms with E-state index in [1.807, 2.05) is 18.2 Å². The number of methoxy groups -OCH3 is 2. The van der Waals surface area contributed by atoms with Crippen LogP contribution in [0.1, 0.15) is 85.4 Å². The maximum Gasteiger partial charge on any atom is 0.170 e. The summed E-state index contributed by atoms with van der Waals surface area (Å²) in [6, 6.07) is 9.07. The number of ketones is 2. The van der Waals surface area contributed by atoms with Gasteiger partial charge in [-0.25, -0.2) is 0 Å². The monoisotopic (exact) mass is 422 g/mol. The smallest absolute Gasteiger partial charge is 0.170 e. The van der Waals surface area contributed by atoms with Gasteiger partial charge in [-0.3, -0.25) is 9.59 Å². The number of hydrogen-bond donors (Lipinski definition) is 0. The first-order chi connectivity index (χ1) is 14.3. The lowest BCUT2D eigenvalue weighted by atomic mass is 9.74. The average Bonchev–Trinajstić information content (AvgIpc) is 2.70. The lowest BCUT2D eigenvalue weighted by molar-refractivity contribution is 0.0894. The molecule has 166 valence electrons. The summed E-state index contributed by atoms with van der Waals surface area (Å²) in [5.41, 5.74) is 3.75. The fourth-order valence-corrected chi connectivity index (χ4v) is 3.65. The molecule has 0 aliphatic heterocycles. The Balaban J connectivity index is 2.40. The zero-order valence-corrected chi connectivity index (χ0v) is 20.0. The first kappa shape index (κ1) is 24.4. The molecule has 2 rings (SSSR count). The van der Waals surface area contributed by atoms with Gasteiger partial charge in [0.25, 0.3) is 0 Å². The summed E-state index contributed by atoms with van der Waals surface area (Å²) in [5, 5.41) is 0. The molecule has 31 heavy (non-hydrogen) atoms. The third kappa shape index (κ3) is 5.43. The molecule has 0 N–H and O–H groups in total. The van der Waals surface area contributed by atoms with Crippen LogP contribution in [-0.4, -0.2) is 25.8 Å². The molecule has 2 aromatic rings. The van der Waals surface area contributed by atoms with E-state index in [-0.39, 0.29) is 28.8 Å². The summed E-state index contributed by atoms with van der Waals surface area (Å²) < 4.78 is 10.7. The van der Waals surface area contributed by atoms with Crippen molar-refractivity contribution >= 4 is 17.6 Å². The molecule has 0 aromatic heterocycles. The van der Waals surface area contributed by atoms with Gasteiger partial charge >= 0.3 is 0 Å². The first-order valence-corrected chi connectivity index (χ1v) is 10.4. The second-order valence-corrected chi connectivity index (χ2v) is 9.79. The number of carbonyl (C=O) groups excluding carboxylic acids is 2. The molecule has 0 radical (unpaired) electrons. The maximum atomic E-state index is 13.0. The zero-order chi connectivity index (χ0) is 23.6. The Morgan fingerprint density at radius 1 is 0.839 bits per heavy atom. The van der Waals surface area contributed by atoms with Crippen LogP contribution >= 0.6 is 0 Å². The Bertz CT molecular complexity index is 1000. The van der Waals surface area contributed by atoms with Gasteiger partial charge in [0.05, 0.1) is 20.6 Å². The van der Waals surface area contributed by atoms with Gasteiger partial charge < -0.3 is 9.47 Å². The van der Waals surface area contributed by atoms with E-state index >= 15 is 0 Å². The molecular formula is C27H34O4. The predicted octanol–water partition coefficient (Wildman–Crippen LogP) is 6.40. The molecular weight excluding hydrogens is 388 g/mol. The van der Waals surface area contributed by atoms with Crippen LogP contribution in [0.2, 0.25) is 0 Å². The van der Waals surface area contributed by atoms with Gasteiger partial charge in [0, 0.05) is 16.7 Å². The van der Waals surface area contributed by atoms with E-state index in [1.165, 1.54) is 19.8 Å². The van der Waals surface area contributed by atoms with Crippen molar-refractivity contribution in [3.8, 4) is 11.5 Å². The van der Waals surface area contributed by atoms with Crippen LogP contribution in [0.15, 0.2) is 36.9 Å². The number of ether oxygens (including phenoxy) is 2. The Labute approximate surface area is 186 Å². The summed E-state index contributed by atoms with van der Waals surface area (Å²) in [4.78, 5) is 25.9. The van der Waals surface area contributed by atoms with Gasteiger partial charge in [0.15, 0.2) is 23.1 Å². The van der Waals surface area contributed by atoms with Crippen LogP contribution < -0.4 is 9.47 Å². The van der Waals surface area contributed by atoms with Crippen molar-refractivity contribution in [2.24, 2.45) is 0 Å². The standard InChI is InChI=1S/C27H34O4/c1-10-17-13-19(15-24(30-8)25(17)31-9)23(29)16-22(28)18-11-12-20(26(2,3)4)21(14-18)27(5,6)7/h10-15H,1,16H2,2-9H3. The Kier molecular flexibility index (Phi) is 7.15. The lowest BCUT2D eigenvalue weighted by Gasteiger charge is -2.30. The van der Waals surface area contributed by atoms with Gasteiger partial charge in [-0.1, -0.05) is 66.3 Å². The fourth-order valence-electron chi connectivity index (χ4n) is 3.65. The largest absolute Gasteiger partial charge is 0.493 e. The molecule has 0 heterocycles. The van der Waals surface area contributed by atoms with Crippen molar-refractivity contribution in [1.29, 1.82) is 0 Å². The summed E-state index contributed by atoms with van der Waals surface area (Å²) in [6.07, 6.45) is 1.38. The molecule has 0 saturated heterocycles. The van der Waals surface area contributed by atoms with Gasteiger partial charge in [-0.15, -0.1) is 0 Å². The average molecular weight is 423 g/mol. The minimum atomic E-state index is -0.272. The molecule has 2 aromatic carbocycles. The Morgan fingerprint density at radius 2 is 1.42 bits per heavy atom. The zero-order valence-electron chi connectivity index (χ0n) is 20.0. The van der Waals surface area contributed by atoms with E-state index in [2.05, 4.69) is 48.1 Å². The summed E-state index contributed by atoms with van der Waals surface area (Å²) >= 11 is 0. The number of benzene rings is 2. The highest BCUT2D eigenvalue weighted by Crippen LogP contribution is 2.36. The maximum absolute atomic E-state index is 13.0. The summed E-state index contributed by atoms with van der Waals surface area (Å²) in [7, 11) is 3.04. The van der Waals surface area contributed by atoms with E-state index in [1.54, 1.807) is 18.2 Å². The van der Waals surface area contributed by atoms with Crippen LogP contribution in [-0.2, 0) is 10.8 Å². The van der Waals surface area contributed by atoms with Crippen molar-refractivity contribution in [3.63, 3.8) is 0 Å². The molecule has 0 atom stereocenters. The highest BCUT2D eigenvalue weighted by atomic mass is 16.5. The van der Waals surface area contributed by atoms with Gasteiger partial charge in [-0.2, -0.15) is 0 Å². The molecule has 0 saturated carbocycles. The van der Waals surface area contributed by atoms with Crippen LogP contribution in [0.3, 0.4) is 0 Å². The molecule has 0 bridgehead atoms. The molecule has 4 heteroatoms. The lowest BCUT2D eigenvalue weighted by Crippen LogP contribution is -2.23. The third-order valence-corrected chi connectivity index (χ3v) is 5.33. The van der Waals surface area contributed by atoms with Crippen molar-refractivity contribution in [2.45, 2.75) is 58.8 Å². The number of Topliss-reactive ketones (excluding diaryl/α,β-unsaturated/α-hetero) is 2. The van der Waals surface area contributed by atoms with Crippen LogP contribution in [0.5, 0.6) is 11.5 Å². The quantitative estimate of drug-likeness (QED) is 0.383. The number of hydrogen-bond acceptors (Lipinski definition) is 4. The molecule has 4 nitrogen and oxygen atoms in total. The second-order valence-electron chi connectivity index (χ2n) is 9.79. The van der Waals surface area contributed by atoms with Gasteiger partial charge in [0.1, 0.15) is 0 Å². The highest BCUT2D eigenvalue weighted by Gasteiger charge is 2.26. The predicted molar refractivity (Wildman–Crippen MR) is 127 cm³/mol. The van der Waals surface area contributed by atoms with Crippen LogP contribution in [0, 0.1) is 0 Å². The van der Waals surface area contributed by atoms with Gasteiger partial charge in [-0.05, 0) is 40.2 Å². The van der Waals surface area contributed by atoms with E-state index in [4.69, 9.17) is 9.47 Å². The Morgan fingerprint density at radius 3 is 1.90 bits per heavy atom. The van der Waals surface area contributed by atoms with Crippen LogP contribution in [0.4, 0.5) is 0 Å². The minimum Gasteiger partial charge on any atom is -0.493 e. The van der Waals surface area contributed by atoms with E-state index in [0.29, 0.717) is 28.2 Å². The molecule has 0 fully saturated rings. The van der Waals surface area contributed by atoms with Crippen molar-refractivity contribution < 1.29 is 19.1 Å². The fraction of sp³-hybridized carbons (Fsp3) is 0.407.